The molecule has 0 bridgehead atoms. The number of unbranched alkanes of at least 4 members (excludes halogenated alkanes) is 5. The van der Waals surface area contributed by atoms with Gasteiger partial charge in [0.25, 0.3) is 5.91 Å². The summed E-state index contributed by atoms with van der Waals surface area (Å²) in [5, 5.41) is 18.9. The third-order valence-corrected chi connectivity index (χ3v) is 14.2. The fourth-order valence-electron chi connectivity index (χ4n) is 9.68. The number of benzene rings is 1. The molecule has 0 unspecified atom stereocenters. The van der Waals surface area contributed by atoms with Gasteiger partial charge in [0.05, 0.1) is 18.7 Å². The van der Waals surface area contributed by atoms with Gasteiger partial charge in [-0.2, -0.15) is 13.2 Å². The lowest BCUT2D eigenvalue weighted by Gasteiger charge is -2.41. The Bertz CT molecular complexity index is 2340. The van der Waals surface area contributed by atoms with Crippen molar-refractivity contribution in [3.63, 3.8) is 0 Å². The molecule has 2 rings (SSSR count). The number of nitrogens with one attached hydrogen (secondary N) is 7. The summed E-state index contributed by atoms with van der Waals surface area (Å²) >= 11 is 0. The molecule has 0 aliphatic carbocycles. The van der Waals surface area contributed by atoms with Crippen molar-refractivity contribution in [3.05, 3.63) is 35.4 Å². The average molecular weight is 1160 g/mol. The molecule has 0 saturated carbocycles. The molecule has 3 atom stereocenters. The van der Waals surface area contributed by atoms with Crippen LogP contribution in [0.4, 0.5) is 13.2 Å². The zero-order valence-electron chi connectivity index (χ0n) is 51.3. The second-order valence-corrected chi connectivity index (χ2v) is 24.1. The molecule has 82 heavy (non-hydrogen) atoms. The first-order valence-electron chi connectivity index (χ1n) is 28.8. The fraction of sp³-hybridized carbons (Fsp3) is 0.724. The van der Waals surface area contributed by atoms with Gasteiger partial charge in [-0.1, -0.05) is 59.3 Å². The van der Waals surface area contributed by atoms with Gasteiger partial charge in [-0.15, -0.1) is 0 Å². The molecule has 1 saturated heterocycles. The number of hydrogen-bond donors (Lipinski definition) is 7. The number of hydrogen-bond acceptors (Lipinski definition) is 11. The van der Waals surface area contributed by atoms with Gasteiger partial charge in [-0.25, -0.2) is 0 Å². The van der Waals surface area contributed by atoms with E-state index in [4.69, 9.17) is 0 Å². The van der Waals surface area contributed by atoms with Crippen LogP contribution >= 0.6 is 0 Å². The summed E-state index contributed by atoms with van der Waals surface area (Å²) < 4.78 is 39.7. The number of rotatable bonds is 33. The molecule has 21 nitrogen and oxygen atoms in total. The number of likely N-dealkylation sites (tertiary alicyclic amines) is 1. The standard InChI is InChI=1S/C58H96F3N11O10/c1-16-17-18-19-20-21-23-42(66-49(77)43-24-22-32-70(43)51(79)40-25-27-41(28-26-40)58(59,60)61)48(76)64-36-47(75)72(39(6)7)57(12,13)54(82)65-35-46(74)71(38(4)5)44(34-37(2)3)50(78)67-56(10,11)53(81)68-55(8,9)52(80)63-30-29-45(73)62-31-33-69(14)15/h25-28,37-39,42-44H,16-24,29-36H2,1-15H3,(H,62,73)(H,63,80)(H,64,76)(H,65,82)(H,66,77)(H,67,78)(H,68,81)/t42-,43-,44-/m0/s1. The normalized spacial score (nSPS) is 14.7. The van der Waals surface area contributed by atoms with Gasteiger partial charge in [0, 0.05) is 50.2 Å². The van der Waals surface area contributed by atoms with Crippen LogP contribution < -0.4 is 37.2 Å². The van der Waals surface area contributed by atoms with Crippen molar-refractivity contribution in [2.45, 2.75) is 214 Å². The molecule has 0 radical (unpaired) electrons. The summed E-state index contributed by atoms with van der Waals surface area (Å²) in [6, 6.07) is -0.720. The molecule has 1 fully saturated rings. The molecule has 7 N–H and O–H groups in total. The van der Waals surface area contributed by atoms with E-state index in [-0.39, 0.29) is 56.2 Å². The minimum Gasteiger partial charge on any atom is -0.355 e. The van der Waals surface area contributed by atoms with E-state index in [1.807, 2.05) is 32.8 Å². The SMILES string of the molecule is CCCCCCCC[C@H](NC(=O)[C@@H]1CCCN1C(=O)c1ccc(C(F)(F)F)cc1)C(=O)NCC(=O)N(C(C)C)C(C)(C)C(=O)NCC(=O)N(C(C)C)[C@@H](CC(C)C)C(=O)NC(C)(C)C(=O)NC(C)(C)C(=O)NCCC(=O)NCCN(C)C. The highest BCUT2D eigenvalue weighted by atomic mass is 19.4. The highest BCUT2D eigenvalue weighted by Gasteiger charge is 2.43. The Hall–Kier alpha value is -6.33. The summed E-state index contributed by atoms with van der Waals surface area (Å²) in [4.78, 5) is 143. The van der Waals surface area contributed by atoms with E-state index < -0.39 is 125 Å². The van der Waals surface area contributed by atoms with Gasteiger partial charge in [0.1, 0.15) is 34.7 Å². The van der Waals surface area contributed by atoms with Crippen molar-refractivity contribution in [1.82, 2.24) is 56.8 Å². The Kier molecular flexibility index (Phi) is 28.4. The molecular weight excluding hydrogens is 1070 g/mol. The van der Waals surface area contributed by atoms with E-state index in [0.29, 0.717) is 25.9 Å². The largest absolute Gasteiger partial charge is 0.416 e. The van der Waals surface area contributed by atoms with E-state index in [0.717, 1.165) is 56.4 Å². The second kappa shape index (κ2) is 32.5. The molecule has 0 aromatic heterocycles. The van der Waals surface area contributed by atoms with Crippen LogP contribution in [0.15, 0.2) is 24.3 Å². The van der Waals surface area contributed by atoms with Gasteiger partial charge in [0.2, 0.25) is 53.2 Å². The molecule has 0 spiro atoms. The first-order chi connectivity index (χ1) is 38.0. The number of halogens is 3. The van der Waals surface area contributed by atoms with E-state index in [1.165, 1.54) is 56.2 Å². The predicted octanol–water partition coefficient (Wildman–Crippen LogP) is 4.42. The van der Waals surface area contributed by atoms with E-state index in [1.54, 1.807) is 27.7 Å². The first-order valence-corrected chi connectivity index (χ1v) is 28.8. The molecule has 24 heteroatoms. The lowest BCUT2D eigenvalue weighted by atomic mass is 9.96. The molecule has 1 aliphatic heterocycles. The zero-order valence-corrected chi connectivity index (χ0v) is 51.3. The topological polar surface area (TPSA) is 268 Å². The summed E-state index contributed by atoms with van der Waals surface area (Å²) in [6.07, 6.45) is 1.74. The lowest BCUT2D eigenvalue weighted by Crippen LogP contribution is -2.65. The van der Waals surface area contributed by atoms with Gasteiger partial charge >= 0.3 is 6.18 Å². The van der Waals surface area contributed by atoms with E-state index in [2.05, 4.69) is 44.1 Å². The first kappa shape index (κ1) is 71.8. The fourth-order valence-corrected chi connectivity index (χ4v) is 9.68. The van der Waals surface area contributed by atoms with Crippen LogP contribution in [0, 0.1) is 5.92 Å². The number of nitrogens with zero attached hydrogens (tertiary/aromatic N) is 4. The number of amides is 10. The quantitative estimate of drug-likeness (QED) is 0.0485. The van der Waals surface area contributed by atoms with Crippen LogP contribution in [0.1, 0.15) is 177 Å². The van der Waals surface area contributed by atoms with Crippen molar-refractivity contribution >= 4 is 59.1 Å². The maximum atomic E-state index is 14.3. The summed E-state index contributed by atoms with van der Waals surface area (Å²) in [5.41, 5.74) is -5.62. The van der Waals surface area contributed by atoms with E-state index in [9.17, 15) is 61.1 Å². The molecule has 1 aliphatic rings. The minimum absolute atomic E-state index is 0.0239. The van der Waals surface area contributed by atoms with Gasteiger partial charge in [0.15, 0.2) is 0 Å². The van der Waals surface area contributed by atoms with Gasteiger partial charge in [-0.3, -0.25) is 47.9 Å². The molecule has 1 heterocycles. The minimum atomic E-state index is -4.60. The van der Waals surface area contributed by atoms with Crippen LogP contribution in [0.3, 0.4) is 0 Å². The number of carbonyl (C=O) groups excluding carboxylic acids is 10. The second-order valence-electron chi connectivity index (χ2n) is 24.1. The monoisotopic (exact) mass is 1160 g/mol. The smallest absolute Gasteiger partial charge is 0.355 e. The molecular formula is C58H96F3N11O10. The maximum Gasteiger partial charge on any atom is 0.416 e. The number of carbonyl (C=O) groups is 10. The maximum absolute atomic E-state index is 14.3. The van der Waals surface area contributed by atoms with Crippen LogP contribution in [0.25, 0.3) is 0 Å². The van der Waals surface area contributed by atoms with Crippen molar-refractivity contribution in [3.8, 4) is 0 Å². The lowest BCUT2D eigenvalue weighted by molar-refractivity contribution is -0.150. The highest BCUT2D eigenvalue weighted by molar-refractivity contribution is 6.00. The Morgan fingerprint density at radius 3 is 1.82 bits per heavy atom. The molecule has 1 aromatic carbocycles. The van der Waals surface area contributed by atoms with Gasteiger partial charge in [-0.05, 0) is 139 Å². The van der Waals surface area contributed by atoms with Crippen molar-refractivity contribution in [2.75, 3.05) is 53.4 Å². The number of likely N-dealkylation sites (N-methyl/N-ethyl adjacent to an activating group) is 1. The molecule has 1 aromatic rings. The third-order valence-electron chi connectivity index (χ3n) is 14.2. The van der Waals surface area contributed by atoms with Crippen molar-refractivity contribution < 1.29 is 61.1 Å². The Balaban J connectivity index is 2.21. The average Bonchev–Trinajstić information content (AvgIpc) is 3.90. The summed E-state index contributed by atoms with van der Waals surface area (Å²) in [5.74, 6) is -6.25. The number of alkyl halides is 3. The summed E-state index contributed by atoms with van der Waals surface area (Å²) in [7, 11) is 3.75. The van der Waals surface area contributed by atoms with Crippen LogP contribution in [0.2, 0.25) is 0 Å². The predicted molar refractivity (Wildman–Crippen MR) is 306 cm³/mol. The van der Waals surface area contributed by atoms with Crippen molar-refractivity contribution in [2.24, 2.45) is 5.92 Å². The zero-order chi connectivity index (χ0) is 62.5. The highest BCUT2D eigenvalue weighted by Crippen LogP contribution is 2.30. The van der Waals surface area contributed by atoms with Gasteiger partial charge < -0.3 is 56.8 Å². The van der Waals surface area contributed by atoms with Crippen molar-refractivity contribution in [1.29, 1.82) is 0 Å². The van der Waals surface area contributed by atoms with E-state index >= 15 is 0 Å². The summed E-state index contributed by atoms with van der Waals surface area (Å²) in [6.45, 7) is 21.5. The Labute approximate surface area is 483 Å². The van der Waals surface area contributed by atoms with Crippen LogP contribution in [-0.4, -0.2) is 179 Å². The van der Waals surface area contributed by atoms with Crippen LogP contribution in [-0.2, 0) is 49.3 Å². The Morgan fingerprint density at radius 2 is 1.26 bits per heavy atom. The third kappa shape index (κ3) is 22.4. The molecule has 464 valence electrons. The molecule has 10 amide bonds. The Morgan fingerprint density at radius 1 is 0.671 bits per heavy atom. The van der Waals surface area contributed by atoms with Crippen LogP contribution in [0.5, 0.6) is 0 Å².